The fourth-order valence-corrected chi connectivity index (χ4v) is 2.07. The lowest BCUT2D eigenvalue weighted by Crippen LogP contribution is -2.40. The van der Waals surface area contributed by atoms with E-state index in [1.54, 1.807) is 30.6 Å². The third kappa shape index (κ3) is 6.84. The molecule has 1 unspecified atom stereocenters. The van der Waals surface area contributed by atoms with Crippen molar-refractivity contribution in [3.8, 4) is 0 Å². The number of carbonyl (C=O) groups is 2. The summed E-state index contributed by atoms with van der Waals surface area (Å²) in [5.74, 6) is -1.01. The van der Waals surface area contributed by atoms with Crippen molar-refractivity contribution in [2.24, 2.45) is 0 Å². The molecule has 0 spiro atoms. The molecule has 7 heteroatoms. The number of carboxylic acid groups (broad SMARTS) is 1. The lowest BCUT2D eigenvalue weighted by Gasteiger charge is -2.23. The van der Waals surface area contributed by atoms with Crippen molar-refractivity contribution in [3.63, 3.8) is 0 Å². The van der Waals surface area contributed by atoms with E-state index in [1.807, 2.05) is 30.5 Å². The molecule has 0 aliphatic rings. The number of amides is 1. The van der Waals surface area contributed by atoms with E-state index in [1.165, 1.54) is 0 Å². The van der Waals surface area contributed by atoms with Crippen LogP contribution < -0.4 is 5.32 Å². The van der Waals surface area contributed by atoms with Crippen LogP contribution >= 0.6 is 24.2 Å². The number of anilines is 1. The Morgan fingerprint density at radius 2 is 2.10 bits per heavy atom. The van der Waals surface area contributed by atoms with E-state index in [0.29, 0.717) is 6.54 Å². The summed E-state index contributed by atoms with van der Waals surface area (Å²) >= 11 is 1.61. The van der Waals surface area contributed by atoms with Crippen LogP contribution in [0.2, 0.25) is 0 Å². The van der Waals surface area contributed by atoms with Crippen molar-refractivity contribution >= 4 is 41.7 Å². The smallest absolute Gasteiger partial charge is 0.304 e. The van der Waals surface area contributed by atoms with Gasteiger partial charge in [-0.3, -0.25) is 14.5 Å². The molecule has 1 amide bonds. The van der Waals surface area contributed by atoms with E-state index in [4.69, 9.17) is 5.11 Å². The molecule has 1 aromatic carbocycles. The van der Waals surface area contributed by atoms with Gasteiger partial charge in [-0.2, -0.15) is 0 Å². The van der Waals surface area contributed by atoms with Gasteiger partial charge in [-0.25, -0.2) is 0 Å². The van der Waals surface area contributed by atoms with Gasteiger partial charge >= 0.3 is 5.97 Å². The van der Waals surface area contributed by atoms with Gasteiger partial charge in [0.2, 0.25) is 5.91 Å². The predicted molar refractivity (Wildman–Crippen MR) is 88.4 cm³/mol. The molecule has 0 bridgehead atoms. The van der Waals surface area contributed by atoms with Gasteiger partial charge in [-0.15, -0.1) is 24.2 Å². The number of nitrogens with one attached hydrogen (secondary N) is 1. The molecule has 0 radical (unpaired) electrons. The maximum absolute atomic E-state index is 12.1. The zero-order chi connectivity index (χ0) is 15.1. The summed E-state index contributed by atoms with van der Waals surface area (Å²) in [6.45, 7) is 2.10. The summed E-state index contributed by atoms with van der Waals surface area (Å²) in [7, 11) is 1.74. The lowest BCUT2D eigenvalue weighted by atomic mass is 10.2. The molecule has 0 saturated heterocycles. The van der Waals surface area contributed by atoms with Gasteiger partial charge < -0.3 is 10.4 Å². The molecule has 0 fully saturated rings. The maximum Gasteiger partial charge on any atom is 0.304 e. The summed E-state index contributed by atoms with van der Waals surface area (Å²) in [5, 5.41) is 11.5. The van der Waals surface area contributed by atoms with Crippen LogP contribution in [0.5, 0.6) is 0 Å². The number of carboxylic acids is 1. The third-order valence-corrected chi connectivity index (χ3v) is 3.78. The zero-order valence-electron chi connectivity index (χ0n) is 12.3. The van der Waals surface area contributed by atoms with Crippen LogP contribution in [0.15, 0.2) is 29.2 Å². The van der Waals surface area contributed by atoms with Crippen molar-refractivity contribution in [1.82, 2.24) is 4.90 Å². The largest absolute Gasteiger partial charge is 0.481 e. The molecule has 1 rings (SSSR count). The monoisotopic (exact) mass is 332 g/mol. The van der Waals surface area contributed by atoms with Crippen molar-refractivity contribution in [1.29, 1.82) is 0 Å². The van der Waals surface area contributed by atoms with Crippen molar-refractivity contribution < 1.29 is 14.7 Å². The number of halogens is 1. The minimum atomic E-state index is -0.864. The third-order valence-electron chi connectivity index (χ3n) is 3.06. The quantitative estimate of drug-likeness (QED) is 0.751. The predicted octanol–water partition coefficient (Wildman–Crippen LogP) is 2.56. The second-order valence-corrected chi connectivity index (χ2v) is 5.40. The number of rotatable bonds is 7. The number of likely N-dealkylation sites (N-methyl/N-ethyl adjacent to an activating group) is 1. The van der Waals surface area contributed by atoms with Gasteiger partial charge in [0, 0.05) is 17.1 Å². The summed E-state index contributed by atoms with van der Waals surface area (Å²) in [4.78, 5) is 25.4. The molecule has 2 N–H and O–H groups in total. The normalized spacial score (nSPS) is 11.6. The minimum absolute atomic E-state index is 0. The summed E-state index contributed by atoms with van der Waals surface area (Å²) in [5.41, 5.74) is 0.750. The van der Waals surface area contributed by atoms with E-state index in [2.05, 4.69) is 5.32 Å². The Labute approximate surface area is 135 Å². The Hall–Kier alpha value is -1.24. The molecule has 1 aromatic rings. The fraction of sp³-hybridized carbons (Fsp3) is 0.429. The first-order valence-corrected chi connectivity index (χ1v) is 7.53. The van der Waals surface area contributed by atoms with Crippen molar-refractivity contribution in [2.75, 3.05) is 25.2 Å². The topological polar surface area (TPSA) is 69.6 Å². The van der Waals surface area contributed by atoms with Crippen LogP contribution in [-0.4, -0.2) is 47.8 Å². The second-order valence-electron chi connectivity index (χ2n) is 4.52. The van der Waals surface area contributed by atoms with Crippen LogP contribution in [-0.2, 0) is 9.59 Å². The fourth-order valence-electron chi connectivity index (χ4n) is 1.61. The van der Waals surface area contributed by atoms with Gasteiger partial charge in [-0.05, 0) is 38.4 Å². The number of thioether (sulfide) groups is 1. The Balaban J connectivity index is 0.00000400. The van der Waals surface area contributed by atoms with E-state index in [9.17, 15) is 9.59 Å². The first-order chi connectivity index (χ1) is 9.43. The summed E-state index contributed by atoms with van der Waals surface area (Å²) < 4.78 is 0. The molecular weight excluding hydrogens is 312 g/mol. The Morgan fingerprint density at radius 1 is 1.43 bits per heavy atom. The Bertz CT molecular complexity index is 485. The number of hydrogen-bond acceptors (Lipinski definition) is 4. The lowest BCUT2D eigenvalue weighted by molar-refractivity contribution is -0.137. The average molecular weight is 333 g/mol. The highest BCUT2D eigenvalue weighted by atomic mass is 35.5. The van der Waals surface area contributed by atoms with Gasteiger partial charge in [0.1, 0.15) is 0 Å². The molecule has 0 aliphatic carbocycles. The van der Waals surface area contributed by atoms with Gasteiger partial charge in [0.05, 0.1) is 12.5 Å². The van der Waals surface area contributed by atoms with E-state index >= 15 is 0 Å². The van der Waals surface area contributed by atoms with Gasteiger partial charge in [0.15, 0.2) is 0 Å². The van der Waals surface area contributed by atoms with E-state index < -0.39 is 5.97 Å². The van der Waals surface area contributed by atoms with Crippen LogP contribution in [0.4, 0.5) is 5.69 Å². The molecule has 0 saturated carbocycles. The number of benzene rings is 1. The first-order valence-electron chi connectivity index (χ1n) is 6.31. The van der Waals surface area contributed by atoms with Crippen LogP contribution in [0.3, 0.4) is 0 Å². The van der Waals surface area contributed by atoms with Crippen LogP contribution in [0, 0.1) is 0 Å². The summed E-state index contributed by atoms with van der Waals surface area (Å²) in [6.07, 6.45) is 2.00. The highest BCUT2D eigenvalue weighted by Gasteiger charge is 2.18. The Morgan fingerprint density at radius 3 is 2.67 bits per heavy atom. The molecule has 0 aromatic heterocycles. The number of carbonyl (C=O) groups excluding carboxylic acids is 1. The number of hydrogen-bond donors (Lipinski definition) is 2. The van der Waals surface area contributed by atoms with E-state index in [0.717, 1.165) is 10.6 Å². The van der Waals surface area contributed by atoms with E-state index in [-0.39, 0.29) is 30.8 Å². The first kappa shape index (κ1) is 19.8. The van der Waals surface area contributed by atoms with Crippen LogP contribution in [0.1, 0.15) is 13.3 Å². The highest BCUT2D eigenvalue weighted by molar-refractivity contribution is 7.98. The Kier molecular flexibility index (Phi) is 9.08. The molecule has 118 valence electrons. The van der Waals surface area contributed by atoms with Gasteiger partial charge in [0.25, 0.3) is 0 Å². The molecule has 0 heterocycles. The average Bonchev–Trinajstić information content (AvgIpc) is 2.43. The number of nitrogens with zero attached hydrogens (tertiary/aromatic N) is 1. The second kappa shape index (κ2) is 9.65. The molecule has 0 aliphatic heterocycles. The van der Waals surface area contributed by atoms with Gasteiger partial charge in [-0.1, -0.05) is 6.07 Å². The highest BCUT2D eigenvalue weighted by Crippen LogP contribution is 2.19. The molecule has 5 nitrogen and oxygen atoms in total. The van der Waals surface area contributed by atoms with Crippen molar-refractivity contribution in [3.05, 3.63) is 24.3 Å². The standard InChI is InChI=1S/C14H20N2O3S.ClH/c1-10(16(2)8-7-13(17)18)14(19)15-11-5-4-6-12(9-11)20-3;/h4-6,9-10H,7-8H2,1-3H3,(H,15,19)(H,17,18);1H. The molecular formula is C14H21ClN2O3S. The summed E-state index contributed by atoms with van der Waals surface area (Å²) in [6, 6.07) is 7.23. The molecule has 21 heavy (non-hydrogen) atoms. The maximum atomic E-state index is 12.1. The number of aliphatic carboxylic acids is 1. The minimum Gasteiger partial charge on any atom is -0.481 e. The zero-order valence-corrected chi connectivity index (χ0v) is 14.0. The van der Waals surface area contributed by atoms with Crippen molar-refractivity contribution in [2.45, 2.75) is 24.3 Å². The molecule has 1 atom stereocenters. The van der Waals surface area contributed by atoms with Crippen LogP contribution in [0.25, 0.3) is 0 Å². The SMILES string of the molecule is CSc1cccc(NC(=O)C(C)N(C)CCC(=O)O)c1.Cl.